The molecule has 2 aromatic carbocycles. The van der Waals surface area contributed by atoms with Crippen molar-refractivity contribution >= 4 is 21.6 Å². The number of aryl methyl sites for hydroxylation is 1. The van der Waals surface area contributed by atoms with Crippen molar-refractivity contribution < 1.29 is 0 Å². The lowest BCUT2D eigenvalue weighted by molar-refractivity contribution is 0.645. The zero-order valence-electron chi connectivity index (χ0n) is 12.7. The van der Waals surface area contributed by atoms with E-state index in [1.54, 1.807) is 0 Å². The Morgan fingerprint density at radius 2 is 1.67 bits per heavy atom. The predicted molar refractivity (Wildman–Crippen MR) is 94.8 cm³/mol. The zero-order valence-corrected chi connectivity index (χ0v) is 14.3. The summed E-state index contributed by atoms with van der Waals surface area (Å²) in [5.74, 6) is 0. The molecule has 1 atom stereocenters. The van der Waals surface area contributed by atoms with Crippen molar-refractivity contribution in [1.29, 1.82) is 0 Å². The van der Waals surface area contributed by atoms with Gasteiger partial charge in [0.2, 0.25) is 0 Å². The third kappa shape index (κ3) is 4.58. The third-order valence-electron chi connectivity index (χ3n) is 3.86. The molecule has 0 aliphatic carbocycles. The summed E-state index contributed by atoms with van der Waals surface area (Å²) in [6.07, 6.45) is 2.02. The van der Waals surface area contributed by atoms with E-state index in [1.165, 1.54) is 16.8 Å². The fourth-order valence-electron chi connectivity index (χ4n) is 2.32. The van der Waals surface area contributed by atoms with Gasteiger partial charge in [0.25, 0.3) is 0 Å². The molecule has 3 heteroatoms. The number of rotatable bonds is 6. The number of nitrogens with two attached hydrogens (primary N) is 1. The smallest absolute Gasteiger partial charge is 0.0363 e. The van der Waals surface area contributed by atoms with E-state index in [0.29, 0.717) is 0 Å². The Kier molecular flexibility index (Phi) is 5.83. The Morgan fingerprint density at radius 1 is 1.05 bits per heavy atom. The Balaban J connectivity index is 1.90. The maximum Gasteiger partial charge on any atom is 0.0363 e. The van der Waals surface area contributed by atoms with Crippen LogP contribution in [0.4, 0.5) is 5.69 Å². The van der Waals surface area contributed by atoms with Crippen LogP contribution in [0.3, 0.4) is 0 Å². The van der Waals surface area contributed by atoms with Crippen LogP contribution in [0, 0.1) is 0 Å². The van der Waals surface area contributed by atoms with Crippen LogP contribution in [0.5, 0.6) is 0 Å². The molecule has 0 saturated heterocycles. The molecular formula is C18H23BrN2. The fourth-order valence-corrected chi connectivity index (χ4v) is 2.59. The molecule has 1 unspecified atom stereocenters. The first-order valence-corrected chi connectivity index (χ1v) is 8.20. The first-order chi connectivity index (χ1) is 10.1. The molecule has 2 nitrogen and oxygen atoms in total. The molecule has 0 fully saturated rings. The lowest BCUT2D eigenvalue weighted by Crippen LogP contribution is -2.23. The molecule has 2 N–H and O–H groups in total. The molecule has 2 rings (SSSR count). The molecular weight excluding hydrogens is 324 g/mol. The van der Waals surface area contributed by atoms with Crippen LogP contribution in [-0.2, 0) is 6.42 Å². The molecule has 112 valence electrons. The average Bonchev–Trinajstić information content (AvgIpc) is 2.53. The fraction of sp³-hybridized carbons (Fsp3) is 0.333. The summed E-state index contributed by atoms with van der Waals surface area (Å²) < 4.78 is 1.09. The number of hydrogen-bond acceptors (Lipinski definition) is 2. The minimum absolute atomic E-state index is 0.0791. The number of benzene rings is 2. The standard InChI is InChI=1S/C18H23BrN2/c1-3-14-4-10-17(11-5-14)21(2)13-12-18(20)15-6-8-16(19)9-7-15/h4-11,18H,3,12-13,20H2,1-2H3. The SMILES string of the molecule is CCc1ccc(N(C)CCC(N)c2ccc(Br)cc2)cc1. The Hall–Kier alpha value is -1.32. The van der Waals surface area contributed by atoms with Gasteiger partial charge in [0.15, 0.2) is 0 Å². The van der Waals surface area contributed by atoms with Crippen LogP contribution in [0.15, 0.2) is 53.0 Å². The van der Waals surface area contributed by atoms with Crippen LogP contribution in [0.2, 0.25) is 0 Å². The molecule has 0 amide bonds. The highest BCUT2D eigenvalue weighted by atomic mass is 79.9. The van der Waals surface area contributed by atoms with Gasteiger partial charge in [-0.15, -0.1) is 0 Å². The maximum atomic E-state index is 6.28. The van der Waals surface area contributed by atoms with E-state index < -0.39 is 0 Å². The van der Waals surface area contributed by atoms with Gasteiger partial charge in [-0.1, -0.05) is 47.1 Å². The summed E-state index contributed by atoms with van der Waals surface area (Å²) in [6, 6.07) is 17.1. The monoisotopic (exact) mass is 346 g/mol. The van der Waals surface area contributed by atoms with E-state index in [2.05, 4.69) is 71.2 Å². The molecule has 0 heterocycles. The van der Waals surface area contributed by atoms with E-state index >= 15 is 0 Å². The summed E-state index contributed by atoms with van der Waals surface area (Å²) in [4.78, 5) is 2.26. The summed E-state index contributed by atoms with van der Waals surface area (Å²) >= 11 is 3.45. The van der Waals surface area contributed by atoms with Crippen molar-refractivity contribution in [3.05, 3.63) is 64.1 Å². The third-order valence-corrected chi connectivity index (χ3v) is 4.39. The molecule has 0 bridgehead atoms. The predicted octanol–water partition coefficient (Wildman–Crippen LogP) is 4.54. The number of halogens is 1. The summed E-state index contributed by atoms with van der Waals surface area (Å²) in [5, 5.41) is 0. The first kappa shape index (κ1) is 16.1. The molecule has 0 aromatic heterocycles. The van der Waals surface area contributed by atoms with E-state index in [4.69, 9.17) is 5.73 Å². The first-order valence-electron chi connectivity index (χ1n) is 7.41. The second-order valence-corrected chi connectivity index (χ2v) is 6.30. The van der Waals surface area contributed by atoms with Gasteiger partial charge >= 0.3 is 0 Å². The zero-order chi connectivity index (χ0) is 15.2. The number of nitrogens with zero attached hydrogens (tertiary/aromatic N) is 1. The van der Waals surface area contributed by atoms with Crippen molar-refractivity contribution in [3.63, 3.8) is 0 Å². The topological polar surface area (TPSA) is 29.3 Å². The van der Waals surface area contributed by atoms with Crippen LogP contribution in [0.25, 0.3) is 0 Å². The van der Waals surface area contributed by atoms with Gasteiger partial charge in [-0.3, -0.25) is 0 Å². The highest BCUT2D eigenvalue weighted by Gasteiger charge is 2.08. The average molecular weight is 347 g/mol. The van der Waals surface area contributed by atoms with Crippen molar-refractivity contribution in [1.82, 2.24) is 0 Å². The van der Waals surface area contributed by atoms with Gasteiger partial charge in [0, 0.05) is 29.8 Å². The second-order valence-electron chi connectivity index (χ2n) is 5.39. The minimum atomic E-state index is 0.0791. The summed E-state index contributed by atoms with van der Waals surface area (Å²) in [5.41, 5.74) is 10.1. The van der Waals surface area contributed by atoms with Crippen LogP contribution < -0.4 is 10.6 Å². The van der Waals surface area contributed by atoms with Crippen LogP contribution in [0.1, 0.15) is 30.5 Å². The molecule has 0 aliphatic rings. The van der Waals surface area contributed by atoms with Gasteiger partial charge in [-0.2, -0.15) is 0 Å². The van der Waals surface area contributed by atoms with Gasteiger partial charge in [-0.05, 0) is 48.2 Å². The van der Waals surface area contributed by atoms with Crippen molar-refractivity contribution in [2.75, 3.05) is 18.5 Å². The molecule has 21 heavy (non-hydrogen) atoms. The van der Waals surface area contributed by atoms with Crippen LogP contribution in [-0.4, -0.2) is 13.6 Å². The minimum Gasteiger partial charge on any atom is -0.375 e. The lowest BCUT2D eigenvalue weighted by Gasteiger charge is -2.22. The second kappa shape index (κ2) is 7.62. The van der Waals surface area contributed by atoms with E-state index in [1.807, 2.05) is 12.1 Å². The van der Waals surface area contributed by atoms with Gasteiger partial charge in [0.05, 0.1) is 0 Å². The summed E-state index contributed by atoms with van der Waals surface area (Å²) in [6.45, 7) is 3.12. The highest BCUT2D eigenvalue weighted by molar-refractivity contribution is 9.10. The van der Waals surface area contributed by atoms with Crippen LogP contribution >= 0.6 is 15.9 Å². The van der Waals surface area contributed by atoms with Crippen molar-refractivity contribution in [3.8, 4) is 0 Å². The van der Waals surface area contributed by atoms with Gasteiger partial charge in [-0.25, -0.2) is 0 Å². The molecule has 0 radical (unpaired) electrons. The quantitative estimate of drug-likeness (QED) is 0.831. The normalized spacial score (nSPS) is 12.2. The van der Waals surface area contributed by atoms with E-state index in [0.717, 1.165) is 23.9 Å². The van der Waals surface area contributed by atoms with E-state index in [9.17, 15) is 0 Å². The number of hydrogen-bond donors (Lipinski definition) is 1. The number of anilines is 1. The summed E-state index contributed by atoms with van der Waals surface area (Å²) in [7, 11) is 2.12. The largest absolute Gasteiger partial charge is 0.375 e. The van der Waals surface area contributed by atoms with Crippen molar-refractivity contribution in [2.45, 2.75) is 25.8 Å². The maximum absolute atomic E-state index is 6.28. The Labute approximate surface area is 136 Å². The molecule has 0 saturated carbocycles. The molecule has 0 spiro atoms. The molecule has 0 aliphatic heterocycles. The van der Waals surface area contributed by atoms with Crippen molar-refractivity contribution in [2.24, 2.45) is 5.73 Å². The van der Waals surface area contributed by atoms with E-state index in [-0.39, 0.29) is 6.04 Å². The van der Waals surface area contributed by atoms with Gasteiger partial charge < -0.3 is 10.6 Å². The Morgan fingerprint density at radius 3 is 2.24 bits per heavy atom. The van der Waals surface area contributed by atoms with Gasteiger partial charge in [0.1, 0.15) is 0 Å². The highest BCUT2D eigenvalue weighted by Crippen LogP contribution is 2.20. The molecule has 2 aromatic rings. The lowest BCUT2D eigenvalue weighted by atomic mass is 10.0. The Bertz CT molecular complexity index is 548.